The molecule has 0 amide bonds. The zero-order valence-corrected chi connectivity index (χ0v) is 13.7. The molecular formula is C16H24FNO4. The molecule has 0 aliphatic rings. The average molecular weight is 313 g/mol. The van der Waals surface area contributed by atoms with E-state index in [1.807, 2.05) is 0 Å². The van der Waals surface area contributed by atoms with Crippen molar-refractivity contribution < 1.29 is 24.1 Å². The number of benzene rings is 1. The van der Waals surface area contributed by atoms with E-state index in [9.17, 15) is 19.4 Å². The lowest BCUT2D eigenvalue weighted by molar-refractivity contribution is -0.174. The lowest BCUT2D eigenvalue weighted by Gasteiger charge is -2.27. The molecule has 6 heteroatoms. The number of halogens is 1. The number of aliphatic hydroxyl groups is 1. The standard InChI is InChI=1S/C16H24FNO4/c1-10-6-7-12(17)13(19)11(10)8-18-9-16(5,21)14(20)22-15(2,3)4/h6-7,18-19,21H,8-9H2,1-5H3. The molecule has 22 heavy (non-hydrogen) atoms. The monoisotopic (exact) mass is 313 g/mol. The molecule has 1 aromatic rings. The van der Waals surface area contributed by atoms with Gasteiger partial charge in [0.15, 0.2) is 17.2 Å². The molecule has 0 fully saturated rings. The van der Waals surface area contributed by atoms with Crippen molar-refractivity contribution in [3.8, 4) is 5.75 Å². The minimum atomic E-state index is -1.72. The van der Waals surface area contributed by atoms with Crippen molar-refractivity contribution in [1.29, 1.82) is 0 Å². The van der Waals surface area contributed by atoms with Gasteiger partial charge in [0.2, 0.25) is 0 Å². The van der Waals surface area contributed by atoms with Crippen LogP contribution in [-0.2, 0) is 16.1 Å². The lowest BCUT2D eigenvalue weighted by atomic mass is 10.0. The highest BCUT2D eigenvalue weighted by molar-refractivity contribution is 5.79. The van der Waals surface area contributed by atoms with Gasteiger partial charge in [0, 0.05) is 18.7 Å². The smallest absolute Gasteiger partial charge is 0.339 e. The molecule has 0 bridgehead atoms. The van der Waals surface area contributed by atoms with E-state index < -0.39 is 28.7 Å². The number of carbonyl (C=O) groups excluding carboxylic acids is 1. The van der Waals surface area contributed by atoms with Gasteiger partial charge in [-0.25, -0.2) is 9.18 Å². The molecule has 0 radical (unpaired) electrons. The fraction of sp³-hybridized carbons (Fsp3) is 0.562. The van der Waals surface area contributed by atoms with Crippen molar-refractivity contribution in [2.24, 2.45) is 0 Å². The summed E-state index contributed by atoms with van der Waals surface area (Å²) in [5, 5.41) is 22.7. The van der Waals surface area contributed by atoms with E-state index in [2.05, 4.69) is 5.32 Å². The maximum absolute atomic E-state index is 13.3. The zero-order valence-electron chi connectivity index (χ0n) is 13.7. The summed E-state index contributed by atoms with van der Waals surface area (Å²) in [6.45, 7) is 8.24. The van der Waals surface area contributed by atoms with E-state index in [0.717, 1.165) is 0 Å². The first-order chi connectivity index (χ1) is 9.94. The second-order valence-electron chi connectivity index (χ2n) is 6.57. The Hall–Kier alpha value is -1.66. The Morgan fingerprint density at radius 3 is 2.45 bits per heavy atom. The summed E-state index contributed by atoms with van der Waals surface area (Å²) in [6, 6.07) is 2.74. The zero-order chi connectivity index (χ0) is 17.1. The normalized spacial score (nSPS) is 14.5. The molecule has 0 aromatic heterocycles. The molecule has 0 saturated carbocycles. The van der Waals surface area contributed by atoms with Crippen LogP contribution in [0.3, 0.4) is 0 Å². The SMILES string of the molecule is Cc1ccc(F)c(O)c1CNCC(C)(O)C(=O)OC(C)(C)C. The quantitative estimate of drug-likeness (QED) is 0.725. The first-order valence-electron chi connectivity index (χ1n) is 7.07. The molecule has 3 N–H and O–H groups in total. The molecular weight excluding hydrogens is 289 g/mol. The van der Waals surface area contributed by atoms with E-state index in [-0.39, 0.29) is 13.1 Å². The second kappa shape index (κ2) is 6.62. The van der Waals surface area contributed by atoms with Crippen LogP contribution >= 0.6 is 0 Å². The molecule has 0 aliphatic carbocycles. The number of phenols is 1. The summed E-state index contributed by atoms with van der Waals surface area (Å²) < 4.78 is 18.5. The van der Waals surface area contributed by atoms with Crippen molar-refractivity contribution in [3.05, 3.63) is 29.1 Å². The first-order valence-corrected chi connectivity index (χ1v) is 7.07. The third kappa shape index (κ3) is 4.96. The molecule has 1 unspecified atom stereocenters. The predicted octanol–water partition coefficient (Wildman–Crippen LogP) is 2.02. The second-order valence-corrected chi connectivity index (χ2v) is 6.57. The highest BCUT2D eigenvalue weighted by Crippen LogP contribution is 2.24. The van der Waals surface area contributed by atoms with Crippen molar-refractivity contribution >= 4 is 5.97 Å². The van der Waals surface area contributed by atoms with Crippen LogP contribution in [0.15, 0.2) is 12.1 Å². The van der Waals surface area contributed by atoms with Gasteiger partial charge in [-0.05, 0) is 46.2 Å². The molecule has 1 rings (SSSR count). The van der Waals surface area contributed by atoms with Crippen LogP contribution in [0.4, 0.5) is 4.39 Å². The maximum atomic E-state index is 13.3. The molecule has 0 saturated heterocycles. The number of phenolic OH excluding ortho intramolecular Hbond substituents is 1. The van der Waals surface area contributed by atoms with Gasteiger partial charge in [-0.1, -0.05) is 6.07 Å². The highest BCUT2D eigenvalue weighted by Gasteiger charge is 2.34. The van der Waals surface area contributed by atoms with Crippen LogP contribution in [-0.4, -0.2) is 33.9 Å². The number of esters is 1. The van der Waals surface area contributed by atoms with Gasteiger partial charge >= 0.3 is 5.97 Å². The Morgan fingerprint density at radius 1 is 1.32 bits per heavy atom. The number of ether oxygens (including phenoxy) is 1. The number of hydrogen-bond donors (Lipinski definition) is 3. The molecule has 1 aromatic carbocycles. The average Bonchev–Trinajstić information content (AvgIpc) is 2.36. The Balaban J connectivity index is 2.67. The van der Waals surface area contributed by atoms with Crippen LogP contribution < -0.4 is 5.32 Å². The number of hydrogen-bond acceptors (Lipinski definition) is 5. The van der Waals surface area contributed by atoms with Crippen molar-refractivity contribution in [3.63, 3.8) is 0 Å². The number of rotatable bonds is 5. The summed E-state index contributed by atoms with van der Waals surface area (Å²) >= 11 is 0. The largest absolute Gasteiger partial charge is 0.505 e. The lowest BCUT2D eigenvalue weighted by Crippen LogP contribution is -2.48. The third-order valence-corrected chi connectivity index (χ3v) is 3.08. The van der Waals surface area contributed by atoms with Crippen LogP contribution in [0.5, 0.6) is 5.75 Å². The van der Waals surface area contributed by atoms with Crippen LogP contribution in [0.25, 0.3) is 0 Å². The van der Waals surface area contributed by atoms with Gasteiger partial charge < -0.3 is 20.3 Å². The van der Waals surface area contributed by atoms with Gasteiger partial charge in [-0.15, -0.1) is 0 Å². The van der Waals surface area contributed by atoms with E-state index in [0.29, 0.717) is 11.1 Å². The fourth-order valence-electron chi connectivity index (χ4n) is 1.82. The fourth-order valence-corrected chi connectivity index (χ4v) is 1.82. The Kier molecular flexibility index (Phi) is 5.54. The molecule has 0 heterocycles. The van der Waals surface area contributed by atoms with Crippen LogP contribution in [0, 0.1) is 12.7 Å². The minimum Gasteiger partial charge on any atom is -0.505 e. The van der Waals surface area contributed by atoms with E-state index in [1.165, 1.54) is 13.0 Å². The molecule has 124 valence electrons. The van der Waals surface area contributed by atoms with E-state index in [4.69, 9.17) is 4.74 Å². The van der Waals surface area contributed by atoms with Crippen molar-refractivity contribution in [2.75, 3.05) is 6.54 Å². The Labute approximate surface area is 130 Å². The summed E-state index contributed by atoms with van der Waals surface area (Å²) in [4.78, 5) is 11.9. The minimum absolute atomic E-state index is 0.0860. The highest BCUT2D eigenvalue weighted by atomic mass is 19.1. The molecule has 0 spiro atoms. The topological polar surface area (TPSA) is 78.8 Å². The maximum Gasteiger partial charge on any atom is 0.339 e. The summed E-state index contributed by atoms with van der Waals surface area (Å²) in [5.41, 5.74) is -1.31. The van der Waals surface area contributed by atoms with Gasteiger partial charge in [0.25, 0.3) is 0 Å². The van der Waals surface area contributed by atoms with Crippen molar-refractivity contribution in [1.82, 2.24) is 5.32 Å². The molecule has 0 aliphatic heterocycles. The summed E-state index contributed by atoms with van der Waals surface area (Å²) in [6.07, 6.45) is 0. The summed E-state index contributed by atoms with van der Waals surface area (Å²) in [5.74, 6) is -1.88. The van der Waals surface area contributed by atoms with Gasteiger partial charge in [0.1, 0.15) is 5.60 Å². The van der Waals surface area contributed by atoms with Crippen LogP contribution in [0.1, 0.15) is 38.8 Å². The number of carbonyl (C=O) groups is 1. The Morgan fingerprint density at radius 2 is 1.91 bits per heavy atom. The van der Waals surface area contributed by atoms with Gasteiger partial charge in [-0.3, -0.25) is 0 Å². The number of nitrogens with one attached hydrogen (secondary N) is 1. The van der Waals surface area contributed by atoms with Gasteiger partial charge in [0.05, 0.1) is 0 Å². The predicted molar refractivity (Wildman–Crippen MR) is 81.0 cm³/mol. The van der Waals surface area contributed by atoms with E-state index in [1.54, 1.807) is 33.8 Å². The third-order valence-electron chi connectivity index (χ3n) is 3.08. The van der Waals surface area contributed by atoms with Crippen molar-refractivity contribution in [2.45, 2.75) is 52.4 Å². The molecule has 5 nitrogen and oxygen atoms in total. The first kappa shape index (κ1) is 18.4. The molecule has 1 atom stereocenters. The van der Waals surface area contributed by atoms with Gasteiger partial charge in [-0.2, -0.15) is 0 Å². The van der Waals surface area contributed by atoms with E-state index >= 15 is 0 Å². The number of aryl methyl sites for hydroxylation is 1. The summed E-state index contributed by atoms with van der Waals surface area (Å²) in [7, 11) is 0. The van der Waals surface area contributed by atoms with Crippen LogP contribution in [0.2, 0.25) is 0 Å². The Bertz CT molecular complexity index is 550. The number of aromatic hydroxyl groups is 1.